The van der Waals surface area contributed by atoms with Crippen LogP contribution in [-0.2, 0) is 4.79 Å². The van der Waals surface area contributed by atoms with Crippen molar-refractivity contribution in [3.63, 3.8) is 0 Å². The van der Waals surface area contributed by atoms with E-state index in [0.717, 1.165) is 24.8 Å². The molecule has 2 aromatic heterocycles. The lowest BCUT2D eigenvalue weighted by molar-refractivity contribution is -0.119. The average molecular weight is 289 g/mol. The van der Waals surface area contributed by atoms with Gasteiger partial charge in [0.1, 0.15) is 6.04 Å². The second-order valence-corrected chi connectivity index (χ2v) is 4.72. The number of aromatic nitrogens is 3. The Labute approximate surface area is 123 Å². The van der Waals surface area contributed by atoms with Crippen LogP contribution < -0.4 is 11.1 Å². The first-order chi connectivity index (χ1) is 10.2. The van der Waals surface area contributed by atoms with Gasteiger partial charge in [-0.05, 0) is 37.9 Å². The second kappa shape index (κ2) is 7.49. The van der Waals surface area contributed by atoms with Crippen LogP contribution in [0.5, 0.6) is 0 Å². The van der Waals surface area contributed by atoms with Gasteiger partial charge in [0, 0.05) is 24.9 Å². The summed E-state index contributed by atoms with van der Waals surface area (Å²) < 4.78 is 5.67. The molecule has 0 saturated heterocycles. The van der Waals surface area contributed by atoms with Crippen molar-refractivity contribution >= 4 is 5.91 Å². The first kappa shape index (κ1) is 15.1. The fourth-order valence-electron chi connectivity index (χ4n) is 1.98. The van der Waals surface area contributed by atoms with Gasteiger partial charge in [-0.15, -0.1) is 10.2 Å². The van der Waals surface area contributed by atoms with E-state index in [-0.39, 0.29) is 11.9 Å². The summed E-state index contributed by atoms with van der Waals surface area (Å²) in [5.74, 6) is 0.701. The zero-order valence-corrected chi connectivity index (χ0v) is 12.0. The fourth-order valence-corrected chi connectivity index (χ4v) is 1.98. The molecular formula is C14H19N5O2. The van der Waals surface area contributed by atoms with Gasteiger partial charge in [0.15, 0.2) is 0 Å². The molecule has 112 valence electrons. The molecule has 0 spiro atoms. The first-order valence-corrected chi connectivity index (χ1v) is 6.91. The molecule has 1 atom stereocenters. The van der Waals surface area contributed by atoms with Crippen molar-refractivity contribution in [1.29, 1.82) is 0 Å². The molecular weight excluding hydrogens is 270 g/mol. The van der Waals surface area contributed by atoms with Crippen LogP contribution in [0.25, 0.3) is 11.5 Å². The lowest BCUT2D eigenvalue weighted by Gasteiger charge is -2.13. The molecule has 2 rings (SSSR count). The molecule has 21 heavy (non-hydrogen) atoms. The van der Waals surface area contributed by atoms with E-state index in [2.05, 4.69) is 20.5 Å². The number of amides is 1. The van der Waals surface area contributed by atoms with Crippen LogP contribution in [0.4, 0.5) is 0 Å². The average Bonchev–Trinajstić information content (AvgIpc) is 2.97. The van der Waals surface area contributed by atoms with Crippen LogP contribution in [0, 0.1) is 0 Å². The van der Waals surface area contributed by atoms with Crippen LogP contribution in [0.15, 0.2) is 28.9 Å². The molecule has 7 heteroatoms. The van der Waals surface area contributed by atoms with E-state index < -0.39 is 0 Å². The summed E-state index contributed by atoms with van der Waals surface area (Å²) in [6.45, 7) is 2.09. The quantitative estimate of drug-likeness (QED) is 0.747. The Balaban J connectivity index is 2.12. The standard InChI is InChI=1S/C14H19N5O2/c1-10(20)17-12(4-2-3-7-15)14-19-18-13(21-14)11-5-8-16-9-6-11/h5-6,8-9,12H,2-4,7,15H2,1H3,(H,17,20)/t12-/m0/s1. The predicted octanol–water partition coefficient (Wildman–Crippen LogP) is 1.44. The van der Waals surface area contributed by atoms with Gasteiger partial charge in [0.25, 0.3) is 0 Å². The van der Waals surface area contributed by atoms with E-state index in [1.54, 1.807) is 24.5 Å². The Morgan fingerprint density at radius 3 is 2.76 bits per heavy atom. The molecule has 7 nitrogen and oxygen atoms in total. The number of nitrogens with two attached hydrogens (primary N) is 1. The van der Waals surface area contributed by atoms with E-state index in [9.17, 15) is 4.79 Å². The molecule has 0 aromatic carbocycles. The minimum Gasteiger partial charge on any atom is -0.418 e. The molecule has 0 fully saturated rings. The summed E-state index contributed by atoms with van der Waals surface area (Å²) >= 11 is 0. The van der Waals surface area contributed by atoms with Crippen molar-refractivity contribution in [2.24, 2.45) is 5.73 Å². The maximum Gasteiger partial charge on any atom is 0.247 e. The molecule has 0 aliphatic carbocycles. The summed E-state index contributed by atoms with van der Waals surface area (Å²) in [7, 11) is 0. The SMILES string of the molecule is CC(=O)N[C@@H](CCCCN)c1nnc(-c2ccncc2)o1. The van der Waals surface area contributed by atoms with Gasteiger partial charge in [-0.25, -0.2) is 0 Å². The highest BCUT2D eigenvalue weighted by Gasteiger charge is 2.19. The van der Waals surface area contributed by atoms with Crippen LogP contribution in [0.3, 0.4) is 0 Å². The molecule has 3 N–H and O–H groups in total. The first-order valence-electron chi connectivity index (χ1n) is 6.91. The van der Waals surface area contributed by atoms with Crippen LogP contribution in [-0.4, -0.2) is 27.6 Å². The molecule has 2 aromatic rings. The number of rotatable bonds is 7. The maximum absolute atomic E-state index is 11.3. The molecule has 0 radical (unpaired) electrons. The third-order valence-corrected chi connectivity index (χ3v) is 2.99. The second-order valence-electron chi connectivity index (χ2n) is 4.72. The Kier molecular flexibility index (Phi) is 5.39. The van der Waals surface area contributed by atoms with Crippen molar-refractivity contribution < 1.29 is 9.21 Å². The topological polar surface area (TPSA) is 107 Å². The Morgan fingerprint density at radius 1 is 1.33 bits per heavy atom. The Hall–Kier alpha value is -2.28. The van der Waals surface area contributed by atoms with E-state index in [1.807, 2.05) is 0 Å². The Bertz CT molecular complexity index is 570. The van der Waals surface area contributed by atoms with E-state index in [1.165, 1.54) is 6.92 Å². The van der Waals surface area contributed by atoms with Gasteiger partial charge >= 0.3 is 0 Å². The number of hydrogen-bond donors (Lipinski definition) is 2. The molecule has 0 bridgehead atoms. The molecule has 2 heterocycles. The normalized spacial score (nSPS) is 12.1. The number of nitrogens with one attached hydrogen (secondary N) is 1. The fraction of sp³-hybridized carbons (Fsp3) is 0.429. The van der Waals surface area contributed by atoms with Crippen LogP contribution in [0.2, 0.25) is 0 Å². The zero-order chi connectivity index (χ0) is 15.1. The van der Waals surface area contributed by atoms with E-state index >= 15 is 0 Å². The Morgan fingerprint density at radius 2 is 2.10 bits per heavy atom. The van der Waals surface area contributed by atoms with Crippen molar-refractivity contribution in [2.45, 2.75) is 32.2 Å². The zero-order valence-electron chi connectivity index (χ0n) is 12.0. The maximum atomic E-state index is 11.3. The van der Waals surface area contributed by atoms with Crippen molar-refractivity contribution in [3.8, 4) is 11.5 Å². The van der Waals surface area contributed by atoms with Gasteiger partial charge in [-0.1, -0.05) is 0 Å². The summed E-state index contributed by atoms with van der Waals surface area (Å²) in [4.78, 5) is 15.2. The smallest absolute Gasteiger partial charge is 0.247 e. The van der Waals surface area contributed by atoms with Crippen LogP contribution in [0.1, 0.15) is 38.1 Å². The van der Waals surface area contributed by atoms with Crippen molar-refractivity contribution in [1.82, 2.24) is 20.5 Å². The van der Waals surface area contributed by atoms with Gasteiger partial charge in [0.2, 0.25) is 17.7 Å². The minimum atomic E-state index is -0.280. The highest BCUT2D eigenvalue weighted by atomic mass is 16.4. The molecule has 0 unspecified atom stereocenters. The number of unbranched alkanes of at least 4 members (excludes halogenated alkanes) is 1. The highest BCUT2D eigenvalue weighted by molar-refractivity contribution is 5.73. The molecule has 0 aliphatic heterocycles. The van der Waals surface area contributed by atoms with Crippen molar-refractivity contribution in [3.05, 3.63) is 30.4 Å². The molecule has 0 saturated carbocycles. The summed E-state index contributed by atoms with van der Waals surface area (Å²) in [5, 5.41) is 10.9. The predicted molar refractivity (Wildman–Crippen MR) is 77.0 cm³/mol. The lowest BCUT2D eigenvalue weighted by atomic mass is 10.1. The largest absolute Gasteiger partial charge is 0.418 e. The number of pyridine rings is 1. The third kappa shape index (κ3) is 4.35. The number of carbonyl (C=O) groups excluding carboxylic acids is 1. The summed E-state index contributed by atoms with van der Waals surface area (Å²) in [5.41, 5.74) is 6.29. The summed E-state index contributed by atoms with van der Waals surface area (Å²) in [6, 6.07) is 3.30. The number of nitrogens with zero attached hydrogens (tertiary/aromatic N) is 3. The number of carbonyl (C=O) groups is 1. The highest BCUT2D eigenvalue weighted by Crippen LogP contribution is 2.23. The lowest BCUT2D eigenvalue weighted by Crippen LogP contribution is -2.26. The van der Waals surface area contributed by atoms with Gasteiger partial charge in [-0.2, -0.15) is 0 Å². The van der Waals surface area contributed by atoms with Gasteiger partial charge in [0.05, 0.1) is 0 Å². The van der Waals surface area contributed by atoms with E-state index in [0.29, 0.717) is 18.3 Å². The van der Waals surface area contributed by atoms with Gasteiger partial charge in [-0.3, -0.25) is 9.78 Å². The monoisotopic (exact) mass is 289 g/mol. The van der Waals surface area contributed by atoms with Crippen molar-refractivity contribution in [2.75, 3.05) is 6.54 Å². The van der Waals surface area contributed by atoms with E-state index in [4.69, 9.17) is 10.2 Å². The van der Waals surface area contributed by atoms with Gasteiger partial charge < -0.3 is 15.5 Å². The number of hydrogen-bond acceptors (Lipinski definition) is 6. The van der Waals surface area contributed by atoms with Crippen LogP contribution >= 0.6 is 0 Å². The minimum absolute atomic E-state index is 0.128. The molecule has 1 amide bonds. The molecule has 0 aliphatic rings. The third-order valence-electron chi connectivity index (χ3n) is 2.99. The summed E-state index contributed by atoms with van der Waals surface area (Å²) in [6.07, 6.45) is 5.81.